The summed E-state index contributed by atoms with van der Waals surface area (Å²) in [5.74, 6) is -0.729. The molecule has 0 spiro atoms. The van der Waals surface area contributed by atoms with E-state index in [4.69, 9.17) is 0 Å². The number of non-ortho nitro benzene ring substituents is 1. The maximum Gasteiger partial charge on any atom is 0.269 e. The van der Waals surface area contributed by atoms with Crippen LogP contribution in [0.2, 0.25) is 0 Å². The number of amides is 1. The molecule has 1 aromatic heterocycles. The molecule has 22 heavy (non-hydrogen) atoms. The molecule has 0 fully saturated rings. The highest BCUT2D eigenvalue weighted by molar-refractivity contribution is 9.11. The molecular weight excluding hydrogens is 372 g/mol. The Hall–Kier alpha value is -2.19. The van der Waals surface area contributed by atoms with Crippen molar-refractivity contribution in [1.82, 2.24) is 5.32 Å². The smallest absolute Gasteiger partial charge is 0.269 e. The molecule has 2 rings (SSSR count). The number of nitro benzene ring substituents is 1. The molecule has 1 aromatic carbocycles. The summed E-state index contributed by atoms with van der Waals surface area (Å²) in [5.41, 5.74) is -0.00218. The second-order valence-electron chi connectivity index (χ2n) is 4.24. The van der Waals surface area contributed by atoms with Gasteiger partial charge >= 0.3 is 0 Å². The topological polar surface area (TPSA) is 95.3 Å². The number of nitro groups is 1. The van der Waals surface area contributed by atoms with Gasteiger partial charge in [-0.1, -0.05) is 6.07 Å². The van der Waals surface area contributed by atoms with Gasteiger partial charge in [0.05, 0.1) is 8.71 Å². The number of benzene rings is 1. The monoisotopic (exact) mass is 381 g/mol. The summed E-state index contributed by atoms with van der Waals surface area (Å²) in [6.07, 6.45) is 3.00. The highest BCUT2D eigenvalue weighted by atomic mass is 79.9. The van der Waals surface area contributed by atoms with Crippen LogP contribution in [0.4, 0.5) is 5.69 Å². The first kappa shape index (κ1) is 16.2. The summed E-state index contributed by atoms with van der Waals surface area (Å²) in [7, 11) is 0. The molecule has 0 radical (unpaired) electrons. The average molecular weight is 382 g/mol. The van der Waals surface area contributed by atoms with Crippen LogP contribution in [-0.4, -0.2) is 10.8 Å². The van der Waals surface area contributed by atoms with Gasteiger partial charge in [-0.15, -0.1) is 17.1 Å². The Bertz CT molecular complexity index is 742. The third-order valence-corrected chi connectivity index (χ3v) is 4.29. The van der Waals surface area contributed by atoms with Crippen molar-refractivity contribution in [3.8, 4) is 5.75 Å². The van der Waals surface area contributed by atoms with Gasteiger partial charge in [-0.05, 0) is 39.7 Å². The molecule has 0 aliphatic heterocycles. The standard InChI is InChI=1S/C14H11BrN2O4S/c15-13-5-2-11(22-13)3-6-14(19)16-8-9-7-10(17(20)21)1-4-12(9)18/h1-7,18H,8H2,(H,16,19)/p-1/b6-3+. The van der Waals surface area contributed by atoms with Crippen molar-refractivity contribution in [2.45, 2.75) is 6.54 Å². The number of hydrogen-bond acceptors (Lipinski definition) is 5. The van der Waals surface area contributed by atoms with E-state index in [1.165, 1.54) is 23.5 Å². The summed E-state index contributed by atoms with van der Waals surface area (Å²) in [5, 5.41) is 24.8. The molecule has 8 heteroatoms. The lowest BCUT2D eigenvalue weighted by molar-refractivity contribution is -0.385. The van der Waals surface area contributed by atoms with E-state index in [2.05, 4.69) is 21.2 Å². The lowest BCUT2D eigenvalue weighted by Crippen LogP contribution is -2.21. The summed E-state index contributed by atoms with van der Waals surface area (Å²) in [6, 6.07) is 7.16. The normalized spacial score (nSPS) is 10.8. The molecular formula is C14H10BrN2O4S-. The van der Waals surface area contributed by atoms with Gasteiger partial charge < -0.3 is 10.4 Å². The van der Waals surface area contributed by atoms with E-state index < -0.39 is 4.92 Å². The maximum atomic E-state index is 11.7. The molecule has 1 heterocycles. The van der Waals surface area contributed by atoms with E-state index in [1.807, 2.05) is 12.1 Å². The number of hydrogen-bond donors (Lipinski definition) is 1. The van der Waals surface area contributed by atoms with Crippen LogP contribution in [0.5, 0.6) is 5.75 Å². The molecule has 1 amide bonds. The second-order valence-corrected chi connectivity index (χ2v) is 6.74. The highest BCUT2D eigenvalue weighted by Crippen LogP contribution is 2.23. The average Bonchev–Trinajstić information content (AvgIpc) is 2.89. The molecule has 0 bridgehead atoms. The van der Waals surface area contributed by atoms with Gasteiger partial charge in [0.15, 0.2) is 0 Å². The number of halogens is 1. The maximum absolute atomic E-state index is 11.7. The quantitative estimate of drug-likeness (QED) is 0.489. The Morgan fingerprint density at radius 3 is 2.77 bits per heavy atom. The van der Waals surface area contributed by atoms with Gasteiger partial charge in [0.1, 0.15) is 0 Å². The number of nitrogens with zero attached hydrogens (tertiary/aromatic N) is 1. The Labute approximate surface area is 138 Å². The van der Waals surface area contributed by atoms with Crippen LogP contribution in [0.25, 0.3) is 6.08 Å². The second kappa shape index (κ2) is 7.19. The SMILES string of the molecule is O=C(/C=C/c1ccc(Br)s1)NCc1cc([N+](=O)[O-])ccc1[O-]. The molecule has 0 atom stereocenters. The molecule has 0 aliphatic rings. The van der Waals surface area contributed by atoms with Crippen LogP contribution in [0.1, 0.15) is 10.4 Å². The van der Waals surface area contributed by atoms with Crippen LogP contribution >= 0.6 is 27.3 Å². The van der Waals surface area contributed by atoms with Gasteiger partial charge in [-0.25, -0.2) is 0 Å². The van der Waals surface area contributed by atoms with Crippen LogP contribution < -0.4 is 10.4 Å². The molecule has 0 saturated carbocycles. The van der Waals surface area contributed by atoms with Crippen molar-refractivity contribution in [3.05, 3.63) is 60.7 Å². The summed E-state index contributed by atoms with van der Waals surface area (Å²) < 4.78 is 0.958. The third-order valence-electron chi connectivity index (χ3n) is 2.70. The number of rotatable bonds is 5. The zero-order chi connectivity index (χ0) is 16.1. The largest absolute Gasteiger partial charge is 0.872 e. The van der Waals surface area contributed by atoms with Crippen molar-refractivity contribution in [2.75, 3.05) is 0 Å². The lowest BCUT2D eigenvalue weighted by Gasteiger charge is -2.12. The van der Waals surface area contributed by atoms with Crippen LogP contribution in [0, 0.1) is 10.1 Å². The number of carbonyl (C=O) groups excluding carboxylic acids is 1. The molecule has 0 aliphatic carbocycles. The van der Waals surface area contributed by atoms with Gasteiger partial charge in [-0.2, -0.15) is 0 Å². The Morgan fingerprint density at radius 1 is 1.36 bits per heavy atom. The first-order valence-electron chi connectivity index (χ1n) is 6.11. The number of thiophene rings is 1. The van der Waals surface area contributed by atoms with E-state index in [9.17, 15) is 20.0 Å². The highest BCUT2D eigenvalue weighted by Gasteiger charge is 2.07. The zero-order valence-corrected chi connectivity index (χ0v) is 13.5. The predicted molar refractivity (Wildman–Crippen MR) is 85.4 cm³/mol. The van der Waals surface area contributed by atoms with Crippen LogP contribution in [0.15, 0.2) is 40.2 Å². The minimum Gasteiger partial charge on any atom is -0.872 e. The summed E-state index contributed by atoms with van der Waals surface area (Å²) in [6.45, 7) is -0.0577. The molecule has 2 aromatic rings. The molecule has 0 unspecified atom stereocenters. The minimum atomic E-state index is -0.584. The van der Waals surface area contributed by atoms with Crippen molar-refractivity contribution in [1.29, 1.82) is 0 Å². The molecule has 6 nitrogen and oxygen atoms in total. The summed E-state index contributed by atoms with van der Waals surface area (Å²) in [4.78, 5) is 22.7. The number of nitrogens with one attached hydrogen (secondary N) is 1. The Morgan fingerprint density at radius 2 is 2.14 bits per heavy atom. The van der Waals surface area contributed by atoms with Gasteiger partial charge in [-0.3, -0.25) is 14.9 Å². The first-order valence-corrected chi connectivity index (χ1v) is 7.72. The zero-order valence-electron chi connectivity index (χ0n) is 11.1. The molecule has 114 valence electrons. The van der Waals surface area contributed by atoms with Gasteiger partial charge in [0.25, 0.3) is 5.69 Å². The summed E-state index contributed by atoms with van der Waals surface area (Å²) >= 11 is 4.80. The van der Waals surface area contributed by atoms with Crippen molar-refractivity contribution < 1.29 is 14.8 Å². The fraction of sp³-hybridized carbons (Fsp3) is 0.0714. The molecule has 0 saturated heterocycles. The van der Waals surface area contributed by atoms with Crippen molar-refractivity contribution in [2.24, 2.45) is 0 Å². The minimum absolute atomic E-state index is 0.0577. The first-order chi connectivity index (χ1) is 10.5. The van der Waals surface area contributed by atoms with E-state index in [0.29, 0.717) is 0 Å². The van der Waals surface area contributed by atoms with E-state index in [0.717, 1.165) is 20.8 Å². The third kappa shape index (κ3) is 4.40. The van der Waals surface area contributed by atoms with Crippen molar-refractivity contribution in [3.63, 3.8) is 0 Å². The Kier molecular flexibility index (Phi) is 5.29. The van der Waals surface area contributed by atoms with E-state index in [1.54, 1.807) is 6.08 Å². The van der Waals surface area contributed by atoms with Crippen LogP contribution in [0.3, 0.4) is 0 Å². The number of carbonyl (C=O) groups is 1. The van der Waals surface area contributed by atoms with Gasteiger partial charge in [0, 0.05) is 29.6 Å². The Balaban J connectivity index is 1.97. The van der Waals surface area contributed by atoms with E-state index in [-0.39, 0.29) is 29.5 Å². The van der Waals surface area contributed by atoms with Crippen LogP contribution in [-0.2, 0) is 11.3 Å². The fourth-order valence-electron chi connectivity index (χ4n) is 1.63. The van der Waals surface area contributed by atoms with Gasteiger partial charge in [0.2, 0.25) is 5.91 Å². The predicted octanol–water partition coefficient (Wildman–Crippen LogP) is 2.82. The van der Waals surface area contributed by atoms with E-state index >= 15 is 0 Å². The lowest BCUT2D eigenvalue weighted by atomic mass is 10.2. The molecule has 1 N–H and O–H groups in total. The van der Waals surface area contributed by atoms with Crippen molar-refractivity contribution >= 4 is 44.9 Å². The fourth-order valence-corrected chi connectivity index (χ4v) is 2.96.